The van der Waals surface area contributed by atoms with Gasteiger partial charge in [-0.05, 0) is 68.4 Å². The first-order valence-corrected chi connectivity index (χ1v) is 16.8. The molecule has 7 aromatic carbocycles. The lowest BCUT2D eigenvalue weighted by atomic mass is 9.63. The molecule has 0 N–H and O–H groups in total. The monoisotopic (exact) mass is 623 g/mol. The van der Waals surface area contributed by atoms with Crippen LogP contribution in [0.25, 0.3) is 83.0 Å². The molecule has 10 aromatic rings. The molecule has 4 nitrogen and oxygen atoms in total. The van der Waals surface area contributed by atoms with E-state index in [-0.39, 0.29) is 0 Å². The fraction of sp³-hybridized carbons (Fsp3) is 0.0222. The van der Waals surface area contributed by atoms with E-state index in [1.807, 2.05) is 36.4 Å². The smallest absolute Gasteiger partial charge is 0.236 e. The van der Waals surface area contributed by atoms with Crippen LogP contribution in [0.5, 0.6) is 0 Å². The lowest BCUT2D eigenvalue weighted by Gasteiger charge is -2.37. The zero-order chi connectivity index (χ0) is 31.8. The maximum absolute atomic E-state index is 6.47. The number of nitrogens with zero attached hydrogens (tertiary/aromatic N) is 3. The summed E-state index contributed by atoms with van der Waals surface area (Å²) >= 11 is 0. The van der Waals surface area contributed by atoms with Gasteiger partial charge in [-0.25, -0.2) is 9.97 Å². The first kappa shape index (κ1) is 25.6. The van der Waals surface area contributed by atoms with Gasteiger partial charge in [-0.1, -0.05) is 127 Å². The van der Waals surface area contributed by atoms with Crippen LogP contribution in [-0.4, -0.2) is 14.5 Å². The highest BCUT2D eigenvalue weighted by atomic mass is 16.3. The van der Waals surface area contributed by atoms with Gasteiger partial charge >= 0.3 is 0 Å². The molecule has 226 valence electrons. The first-order chi connectivity index (χ1) is 24.3. The topological polar surface area (TPSA) is 43.9 Å². The lowest BCUT2D eigenvalue weighted by molar-refractivity contribution is 0.666. The van der Waals surface area contributed by atoms with Crippen molar-refractivity contribution in [1.29, 1.82) is 0 Å². The molecule has 49 heavy (non-hydrogen) atoms. The summed E-state index contributed by atoms with van der Waals surface area (Å²) in [6.07, 6.45) is 0. The van der Waals surface area contributed by atoms with Crippen LogP contribution < -0.4 is 0 Å². The molecule has 0 unspecified atom stereocenters. The van der Waals surface area contributed by atoms with Crippen molar-refractivity contribution in [1.82, 2.24) is 14.5 Å². The van der Waals surface area contributed by atoms with Crippen LogP contribution in [0, 0.1) is 0 Å². The molecule has 0 saturated heterocycles. The summed E-state index contributed by atoms with van der Waals surface area (Å²) in [6.45, 7) is 0. The molecular weight excluding hydrogens is 599 g/mol. The van der Waals surface area contributed by atoms with Crippen molar-refractivity contribution in [2.45, 2.75) is 5.41 Å². The van der Waals surface area contributed by atoms with Gasteiger partial charge in [0, 0.05) is 21.7 Å². The SMILES string of the molecule is c1ccc(-c2nc(-n3c4cccc5c4c4c6c(cccc6ccc43)C53c4ccccc4-c4ccccc43)nc3c2oc2ccccc23)cc1. The number of hydrogen-bond acceptors (Lipinski definition) is 3. The molecule has 0 radical (unpaired) electrons. The second-order valence-electron chi connectivity index (χ2n) is 13.3. The van der Waals surface area contributed by atoms with Crippen LogP contribution in [0.1, 0.15) is 22.3 Å². The van der Waals surface area contributed by atoms with Gasteiger partial charge in [0.1, 0.15) is 16.8 Å². The van der Waals surface area contributed by atoms with Crippen LogP contribution in [0.15, 0.2) is 156 Å². The summed E-state index contributed by atoms with van der Waals surface area (Å²) in [4.78, 5) is 10.7. The van der Waals surface area contributed by atoms with Crippen molar-refractivity contribution < 1.29 is 4.42 Å². The highest BCUT2D eigenvalue weighted by Crippen LogP contribution is 2.62. The molecule has 0 saturated carbocycles. The van der Waals surface area contributed by atoms with Crippen LogP contribution in [0.4, 0.5) is 0 Å². The molecule has 1 spiro atoms. The van der Waals surface area contributed by atoms with Gasteiger partial charge in [0.2, 0.25) is 5.95 Å². The van der Waals surface area contributed by atoms with E-state index in [1.165, 1.54) is 54.9 Å². The third-order valence-corrected chi connectivity index (χ3v) is 11.0. The van der Waals surface area contributed by atoms with Crippen molar-refractivity contribution in [2.75, 3.05) is 0 Å². The zero-order valence-electron chi connectivity index (χ0n) is 26.2. The van der Waals surface area contributed by atoms with E-state index < -0.39 is 5.41 Å². The van der Waals surface area contributed by atoms with Crippen molar-refractivity contribution >= 4 is 54.6 Å². The molecule has 0 fully saturated rings. The molecule has 4 heteroatoms. The van der Waals surface area contributed by atoms with Crippen LogP contribution in [-0.2, 0) is 5.41 Å². The standard InChI is InChI=1S/C45H25N3O/c1-2-12-27(13-3-1)41-43-42(30-17-6-9-23-37(30)49-43)47-44(46-41)48-35-22-11-21-34-39(35)40-36(48)25-24-26-14-10-20-33(38(26)40)45(34)31-18-7-4-15-28(31)29-16-5-8-19-32(29)45/h1-25H. The number of benzene rings is 7. The van der Waals surface area contributed by atoms with Crippen molar-refractivity contribution in [3.05, 3.63) is 174 Å². The van der Waals surface area contributed by atoms with Gasteiger partial charge in [-0.2, -0.15) is 0 Å². The quantitative estimate of drug-likeness (QED) is 0.192. The maximum atomic E-state index is 6.47. The molecule has 0 aliphatic heterocycles. The van der Waals surface area contributed by atoms with E-state index in [4.69, 9.17) is 14.4 Å². The minimum Gasteiger partial charge on any atom is -0.452 e. The minimum absolute atomic E-state index is 0.458. The van der Waals surface area contributed by atoms with E-state index in [0.717, 1.165) is 38.8 Å². The van der Waals surface area contributed by atoms with Gasteiger partial charge < -0.3 is 4.42 Å². The predicted octanol–water partition coefficient (Wildman–Crippen LogP) is 11.0. The number of para-hydroxylation sites is 1. The Morgan fingerprint density at radius 1 is 0.490 bits per heavy atom. The Kier molecular flexibility index (Phi) is 4.63. The van der Waals surface area contributed by atoms with Gasteiger partial charge in [-0.15, -0.1) is 0 Å². The molecule has 12 rings (SSSR count). The number of hydrogen-bond donors (Lipinski definition) is 0. The molecule has 0 bridgehead atoms. The Balaban J connectivity index is 1.28. The zero-order valence-corrected chi connectivity index (χ0v) is 26.2. The van der Waals surface area contributed by atoms with Crippen LogP contribution >= 0.6 is 0 Å². The van der Waals surface area contributed by atoms with E-state index in [0.29, 0.717) is 11.5 Å². The molecule has 3 heterocycles. The van der Waals surface area contributed by atoms with Crippen molar-refractivity contribution in [2.24, 2.45) is 0 Å². The first-order valence-electron chi connectivity index (χ1n) is 16.8. The summed E-state index contributed by atoms with van der Waals surface area (Å²) in [5.74, 6) is 0.634. The summed E-state index contributed by atoms with van der Waals surface area (Å²) in [7, 11) is 0. The second kappa shape index (κ2) is 8.88. The van der Waals surface area contributed by atoms with E-state index in [1.54, 1.807) is 0 Å². The number of furan rings is 1. The number of rotatable bonds is 2. The number of aromatic nitrogens is 3. The maximum Gasteiger partial charge on any atom is 0.236 e. The highest BCUT2D eigenvalue weighted by molar-refractivity contribution is 6.26. The summed E-state index contributed by atoms with van der Waals surface area (Å²) in [5, 5.41) is 6.03. The Morgan fingerprint density at radius 2 is 1.14 bits per heavy atom. The second-order valence-corrected chi connectivity index (χ2v) is 13.3. The summed E-state index contributed by atoms with van der Waals surface area (Å²) < 4.78 is 8.75. The van der Waals surface area contributed by atoms with Crippen molar-refractivity contribution in [3.8, 4) is 28.3 Å². The Bertz CT molecular complexity index is 3010. The molecule has 3 aromatic heterocycles. The molecule has 2 aliphatic rings. The van der Waals surface area contributed by atoms with Gasteiger partial charge in [0.15, 0.2) is 5.58 Å². The lowest BCUT2D eigenvalue weighted by Crippen LogP contribution is -2.30. The largest absolute Gasteiger partial charge is 0.452 e. The molecule has 0 atom stereocenters. The molecule has 0 amide bonds. The average molecular weight is 624 g/mol. The van der Waals surface area contributed by atoms with Gasteiger partial charge in [-0.3, -0.25) is 4.57 Å². The number of fused-ring (bicyclic) bond motifs is 10. The Morgan fingerprint density at radius 3 is 1.96 bits per heavy atom. The average Bonchev–Trinajstić information content (AvgIpc) is 3.81. The Labute approximate surface area is 280 Å². The van der Waals surface area contributed by atoms with Crippen LogP contribution in [0.2, 0.25) is 0 Å². The van der Waals surface area contributed by atoms with E-state index in [9.17, 15) is 0 Å². The summed E-state index contributed by atoms with van der Waals surface area (Å²) in [5.41, 5.74) is 13.7. The normalized spacial score (nSPS) is 13.9. The molecular formula is C45H25N3O. The van der Waals surface area contributed by atoms with Crippen molar-refractivity contribution in [3.63, 3.8) is 0 Å². The van der Waals surface area contributed by atoms with Crippen LogP contribution in [0.3, 0.4) is 0 Å². The van der Waals surface area contributed by atoms with E-state index in [2.05, 4.69) is 120 Å². The predicted molar refractivity (Wildman–Crippen MR) is 197 cm³/mol. The molecule has 2 aliphatic carbocycles. The third-order valence-electron chi connectivity index (χ3n) is 11.0. The highest BCUT2D eigenvalue weighted by Gasteiger charge is 2.50. The summed E-state index contributed by atoms with van der Waals surface area (Å²) in [6, 6.07) is 54.6. The Hall–Kier alpha value is -6.52. The minimum atomic E-state index is -0.458. The third kappa shape index (κ3) is 2.97. The van der Waals surface area contributed by atoms with E-state index >= 15 is 0 Å². The fourth-order valence-electron chi connectivity index (χ4n) is 9.20. The van der Waals surface area contributed by atoms with Gasteiger partial charge in [0.05, 0.1) is 16.4 Å². The fourth-order valence-corrected chi connectivity index (χ4v) is 9.20. The van der Waals surface area contributed by atoms with Gasteiger partial charge in [0.25, 0.3) is 0 Å².